The molecule has 5 nitrogen and oxygen atoms in total. The molecule has 0 N–H and O–H groups in total. The van der Waals surface area contributed by atoms with Crippen molar-refractivity contribution in [2.24, 2.45) is 0 Å². The highest BCUT2D eigenvalue weighted by molar-refractivity contribution is 6.20. The Hall–Kier alpha value is -7.81. The first-order valence-electron chi connectivity index (χ1n) is 21.9. The molecule has 0 saturated heterocycles. The van der Waals surface area contributed by atoms with Crippen molar-refractivity contribution in [2.45, 2.75) is 55.4 Å². The lowest BCUT2D eigenvalue weighted by atomic mass is 10.00. The molecule has 0 spiro atoms. The van der Waals surface area contributed by atoms with E-state index in [0.29, 0.717) is 16.7 Å². The smallest absolute Gasteiger partial charge is 0.157 e. The van der Waals surface area contributed by atoms with Gasteiger partial charge in [0.05, 0.1) is 0 Å². The molecule has 0 aliphatic heterocycles. The fourth-order valence-corrected chi connectivity index (χ4v) is 9.64. The van der Waals surface area contributed by atoms with Crippen LogP contribution in [0.25, 0.3) is 65.4 Å². The van der Waals surface area contributed by atoms with Crippen LogP contribution in [0.4, 0.5) is 34.1 Å². The number of nitriles is 1. The van der Waals surface area contributed by atoms with Crippen molar-refractivity contribution in [3.05, 3.63) is 190 Å². The quantitative estimate of drug-likeness (QED) is 0.167. The lowest BCUT2D eigenvalue weighted by Gasteiger charge is -2.29. The molecule has 0 aliphatic carbocycles. The third-order valence-electron chi connectivity index (χ3n) is 13.1. The van der Waals surface area contributed by atoms with Crippen LogP contribution in [0, 0.1) is 66.7 Å². The summed E-state index contributed by atoms with van der Waals surface area (Å²) in [4.78, 5) is 4.74. The van der Waals surface area contributed by atoms with E-state index in [2.05, 4.69) is 211 Å². The largest absolute Gasteiger partial charge is 0.454 e. The predicted molar refractivity (Wildman–Crippen MR) is 268 cm³/mol. The molecule has 2 heterocycles. The van der Waals surface area contributed by atoms with Crippen LogP contribution in [-0.2, 0) is 0 Å². The van der Waals surface area contributed by atoms with Gasteiger partial charge in [-0.2, -0.15) is 5.26 Å². The number of hydrogen-bond donors (Lipinski definition) is 0. The summed E-state index contributed by atoms with van der Waals surface area (Å²) < 4.78 is 13.3. The normalized spacial score (nSPS) is 11.7. The fourth-order valence-electron chi connectivity index (χ4n) is 9.64. The fraction of sp³-hybridized carbons (Fsp3) is 0.136. The third kappa shape index (κ3) is 6.28. The van der Waals surface area contributed by atoms with E-state index in [0.717, 1.165) is 88.4 Å². The number of furan rings is 2. The minimum absolute atomic E-state index is 0.404. The van der Waals surface area contributed by atoms with Gasteiger partial charge in [-0.3, -0.25) is 0 Å². The average molecular weight is 830 g/mol. The molecule has 0 unspecified atom stereocenters. The zero-order valence-electron chi connectivity index (χ0n) is 37.4. The Labute approximate surface area is 373 Å². The van der Waals surface area contributed by atoms with Crippen molar-refractivity contribution in [1.82, 2.24) is 0 Å². The van der Waals surface area contributed by atoms with E-state index in [1.807, 2.05) is 0 Å². The number of rotatable bonds is 6. The van der Waals surface area contributed by atoms with Crippen LogP contribution in [0.5, 0.6) is 0 Å². The highest BCUT2D eigenvalue weighted by Crippen LogP contribution is 2.45. The second-order valence-electron chi connectivity index (χ2n) is 17.9. The van der Waals surface area contributed by atoms with Gasteiger partial charge in [0, 0.05) is 55.7 Å². The number of benzene rings is 9. The summed E-state index contributed by atoms with van der Waals surface area (Å²) in [5.74, 6) is 0. The van der Waals surface area contributed by atoms with Crippen LogP contribution in [0.3, 0.4) is 0 Å². The van der Waals surface area contributed by atoms with Gasteiger partial charge in [0.25, 0.3) is 0 Å². The van der Waals surface area contributed by atoms with E-state index in [9.17, 15) is 5.26 Å². The predicted octanol–water partition coefficient (Wildman–Crippen LogP) is 17.1. The van der Waals surface area contributed by atoms with Crippen molar-refractivity contribution < 1.29 is 8.83 Å². The molecule has 11 aromatic rings. The first-order chi connectivity index (χ1) is 30.9. The molecule has 310 valence electrons. The van der Waals surface area contributed by atoms with Crippen molar-refractivity contribution in [3.8, 4) is 6.07 Å². The Balaban J connectivity index is 1.05. The number of aryl methyl sites for hydroxylation is 8. The van der Waals surface area contributed by atoms with Crippen LogP contribution >= 0.6 is 0 Å². The van der Waals surface area contributed by atoms with Crippen molar-refractivity contribution in [1.29, 1.82) is 5.26 Å². The summed E-state index contributed by atoms with van der Waals surface area (Å²) in [6.45, 7) is 17.3. The van der Waals surface area contributed by atoms with Gasteiger partial charge in [0.1, 0.15) is 22.8 Å². The first kappa shape index (κ1) is 39.1. The first-order valence-corrected chi connectivity index (χ1v) is 21.9. The van der Waals surface area contributed by atoms with Crippen LogP contribution < -0.4 is 9.80 Å². The van der Waals surface area contributed by atoms with Crippen LogP contribution in [0.2, 0.25) is 0 Å². The van der Waals surface area contributed by atoms with Gasteiger partial charge in [-0.25, -0.2) is 0 Å². The Morgan fingerprint density at radius 1 is 0.359 bits per heavy atom. The molecule has 5 heteroatoms. The summed E-state index contributed by atoms with van der Waals surface area (Å²) in [5, 5.41) is 18.8. The van der Waals surface area contributed by atoms with Crippen LogP contribution in [0.15, 0.2) is 148 Å². The zero-order valence-corrected chi connectivity index (χ0v) is 37.4. The summed E-state index contributed by atoms with van der Waals surface area (Å²) >= 11 is 0. The second kappa shape index (κ2) is 14.6. The lowest BCUT2D eigenvalue weighted by molar-refractivity contribution is 0.654. The van der Waals surface area contributed by atoms with Gasteiger partial charge < -0.3 is 18.6 Å². The van der Waals surface area contributed by atoms with Crippen molar-refractivity contribution >= 4 is 99.5 Å². The monoisotopic (exact) mass is 829 g/mol. The maximum atomic E-state index is 10.8. The highest BCUT2D eigenvalue weighted by atomic mass is 16.3. The van der Waals surface area contributed by atoms with Crippen molar-refractivity contribution in [2.75, 3.05) is 9.80 Å². The third-order valence-corrected chi connectivity index (χ3v) is 13.1. The molecule has 0 amide bonds. The molecule has 0 radical (unpaired) electrons. The standard InChI is InChI=1S/C59H47N3O2/c1-33-9-13-37(5)52(21-33)61(53-22-34(2)10-14-38(53)6)45-19-17-41-27-47-49-31-50-48-28-42-18-20-46(62(54-23-35(3)11-15-39(54)7)55-24-36(4)12-16-40(55)8)26-44(42)30-57(48)64-59(50)51(32-60)58(49)63-56(47)29-43(41)25-45/h9-31H,1-8H3. The minimum Gasteiger partial charge on any atom is -0.454 e. The van der Waals surface area contributed by atoms with Crippen LogP contribution in [-0.4, -0.2) is 0 Å². The Morgan fingerprint density at radius 3 is 1.06 bits per heavy atom. The maximum Gasteiger partial charge on any atom is 0.157 e. The van der Waals surface area contributed by atoms with Gasteiger partial charge >= 0.3 is 0 Å². The van der Waals surface area contributed by atoms with E-state index in [1.54, 1.807) is 0 Å². The summed E-state index contributed by atoms with van der Waals surface area (Å²) in [5.41, 5.74) is 19.3. The molecular weight excluding hydrogens is 783 g/mol. The minimum atomic E-state index is 0.404. The van der Waals surface area contributed by atoms with Gasteiger partial charge in [0.15, 0.2) is 11.2 Å². The van der Waals surface area contributed by atoms with E-state index in [4.69, 9.17) is 8.83 Å². The molecule has 9 aromatic carbocycles. The lowest BCUT2D eigenvalue weighted by Crippen LogP contribution is -2.13. The van der Waals surface area contributed by atoms with E-state index >= 15 is 0 Å². The maximum absolute atomic E-state index is 10.8. The molecular formula is C59H47N3O2. The number of anilines is 6. The van der Waals surface area contributed by atoms with E-state index in [-0.39, 0.29) is 0 Å². The second-order valence-corrected chi connectivity index (χ2v) is 17.9. The summed E-state index contributed by atoms with van der Waals surface area (Å²) in [6, 6.07) is 53.1. The van der Waals surface area contributed by atoms with Crippen LogP contribution in [0.1, 0.15) is 50.1 Å². The zero-order chi connectivity index (χ0) is 44.1. The molecule has 0 atom stereocenters. The Morgan fingerprint density at radius 2 is 0.719 bits per heavy atom. The van der Waals surface area contributed by atoms with Gasteiger partial charge in [-0.05, 0) is 200 Å². The van der Waals surface area contributed by atoms with Crippen molar-refractivity contribution in [3.63, 3.8) is 0 Å². The van der Waals surface area contributed by atoms with Gasteiger partial charge in [0.2, 0.25) is 0 Å². The molecule has 0 aliphatic rings. The highest BCUT2D eigenvalue weighted by Gasteiger charge is 2.23. The Kier molecular flexibility index (Phi) is 8.94. The molecule has 64 heavy (non-hydrogen) atoms. The van der Waals surface area contributed by atoms with Gasteiger partial charge in [-0.1, -0.05) is 60.7 Å². The molecule has 2 aromatic heterocycles. The Bertz CT molecular complexity index is 3460. The average Bonchev–Trinajstić information content (AvgIpc) is 3.82. The summed E-state index contributed by atoms with van der Waals surface area (Å²) in [7, 11) is 0. The molecule has 0 bridgehead atoms. The number of nitrogens with zero attached hydrogens (tertiary/aromatic N) is 3. The number of hydrogen-bond acceptors (Lipinski definition) is 5. The molecule has 11 rings (SSSR count). The van der Waals surface area contributed by atoms with E-state index in [1.165, 1.54) is 44.5 Å². The molecule has 0 saturated carbocycles. The summed E-state index contributed by atoms with van der Waals surface area (Å²) in [6.07, 6.45) is 0. The number of fused-ring (bicyclic) bond motifs is 8. The van der Waals surface area contributed by atoms with Gasteiger partial charge in [-0.15, -0.1) is 0 Å². The SMILES string of the molecule is Cc1ccc(C)c(N(c2ccc3cc4c(cc3c2)oc2c(C#N)c3oc5cc6cc(N(c7cc(C)ccc7C)c7cc(C)ccc7C)ccc6cc5c3cc24)c2cc(C)ccc2C)c1. The topological polar surface area (TPSA) is 56.6 Å². The molecule has 0 fully saturated rings. The van der Waals surface area contributed by atoms with E-state index < -0.39 is 0 Å².